The highest BCUT2D eigenvalue weighted by Crippen LogP contribution is 2.20. The van der Waals surface area contributed by atoms with Crippen molar-refractivity contribution in [2.75, 3.05) is 6.61 Å². The fourth-order valence-electron chi connectivity index (χ4n) is 1.56. The molecule has 3 N–H and O–H groups in total. The highest BCUT2D eigenvalue weighted by Gasteiger charge is 2.09. The molecule has 0 aliphatic rings. The fraction of sp³-hybridized carbons (Fsp3) is 0.455. The third-order valence-corrected chi connectivity index (χ3v) is 2.45. The van der Waals surface area contributed by atoms with Crippen molar-refractivity contribution in [2.24, 2.45) is 5.73 Å². The monoisotopic (exact) mass is 179 g/mol. The van der Waals surface area contributed by atoms with Gasteiger partial charge in [-0.1, -0.05) is 17.7 Å². The third-order valence-electron chi connectivity index (χ3n) is 2.45. The maximum Gasteiger partial charge on any atom is 0.0624 e. The van der Waals surface area contributed by atoms with E-state index in [4.69, 9.17) is 10.8 Å². The van der Waals surface area contributed by atoms with Crippen molar-refractivity contribution in [2.45, 2.75) is 26.8 Å². The molecule has 1 rings (SSSR count). The third kappa shape index (κ3) is 2.08. The molecular formula is C11H17NO. The Kier molecular flexibility index (Phi) is 3.07. The molecule has 0 heterocycles. The van der Waals surface area contributed by atoms with Gasteiger partial charge in [-0.15, -0.1) is 0 Å². The van der Waals surface area contributed by atoms with Gasteiger partial charge >= 0.3 is 0 Å². The van der Waals surface area contributed by atoms with Crippen molar-refractivity contribution in [1.29, 1.82) is 0 Å². The van der Waals surface area contributed by atoms with Gasteiger partial charge in [0.25, 0.3) is 0 Å². The Labute approximate surface area is 79.4 Å². The number of aliphatic hydroxyl groups excluding tert-OH is 1. The summed E-state index contributed by atoms with van der Waals surface area (Å²) in [6.45, 7) is 6.15. The van der Waals surface area contributed by atoms with Crippen molar-refractivity contribution in [3.8, 4) is 0 Å². The van der Waals surface area contributed by atoms with Crippen molar-refractivity contribution in [1.82, 2.24) is 0 Å². The minimum Gasteiger partial charge on any atom is -0.394 e. The second-order valence-corrected chi connectivity index (χ2v) is 3.59. The molecule has 0 spiro atoms. The molecule has 0 saturated heterocycles. The van der Waals surface area contributed by atoms with E-state index in [0.717, 1.165) is 5.56 Å². The zero-order valence-electron chi connectivity index (χ0n) is 8.46. The first-order valence-electron chi connectivity index (χ1n) is 4.50. The van der Waals surface area contributed by atoms with Gasteiger partial charge in [-0.3, -0.25) is 0 Å². The Morgan fingerprint density at radius 3 is 2.46 bits per heavy atom. The molecule has 72 valence electrons. The molecule has 0 aromatic heterocycles. The molecule has 0 aliphatic carbocycles. The van der Waals surface area contributed by atoms with Crippen LogP contribution < -0.4 is 5.73 Å². The van der Waals surface area contributed by atoms with Crippen LogP contribution >= 0.6 is 0 Å². The summed E-state index contributed by atoms with van der Waals surface area (Å²) in [6.07, 6.45) is 0. The number of hydrogen-bond donors (Lipinski definition) is 2. The van der Waals surface area contributed by atoms with Crippen molar-refractivity contribution in [3.05, 3.63) is 34.4 Å². The summed E-state index contributed by atoms with van der Waals surface area (Å²) in [5.41, 5.74) is 10.5. The van der Waals surface area contributed by atoms with E-state index >= 15 is 0 Å². The summed E-state index contributed by atoms with van der Waals surface area (Å²) in [5, 5.41) is 8.97. The Hall–Kier alpha value is -0.860. The van der Waals surface area contributed by atoms with Gasteiger partial charge in [0.15, 0.2) is 0 Å². The summed E-state index contributed by atoms with van der Waals surface area (Å²) in [5.74, 6) is 0. The highest BCUT2D eigenvalue weighted by atomic mass is 16.3. The number of rotatable bonds is 2. The number of benzene rings is 1. The minimum atomic E-state index is -0.251. The van der Waals surface area contributed by atoms with Gasteiger partial charge in [0.2, 0.25) is 0 Å². The smallest absolute Gasteiger partial charge is 0.0624 e. The first-order valence-corrected chi connectivity index (χ1v) is 4.50. The van der Waals surface area contributed by atoms with Crippen LogP contribution in [-0.4, -0.2) is 11.7 Å². The molecule has 1 aromatic rings. The molecular weight excluding hydrogens is 162 g/mol. The lowest BCUT2D eigenvalue weighted by molar-refractivity contribution is 0.267. The number of aryl methyl sites for hydroxylation is 2. The molecule has 1 aromatic carbocycles. The second-order valence-electron chi connectivity index (χ2n) is 3.59. The van der Waals surface area contributed by atoms with Crippen LogP contribution in [0.15, 0.2) is 12.1 Å². The number of hydrogen-bond acceptors (Lipinski definition) is 2. The zero-order valence-corrected chi connectivity index (χ0v) is 8.46. The van der Waals surface area contributed by atoms with E-state index in [9.17, 15) is 0 Å². The maximum absolute atomic E-state index is 8.97. The van der Waals surface area contributed by atoms with Gasteiger partial charge in [0.05, 0.1) is 12.6 Å². The normalized spacial score (nSPS) is 13.0. The van der Waals surface area contributed by atoms with Crippen LogP contribution in [-0.2, 0) is 0 Å². The van der Waals surface area contributed by atoms with Crippen LogP contribution in [0.3, 0.4) is 0 Å². The molecule has 1 atom stereocenters. The summed E-state index contributed by atoms with van der Waals surface area (Å²) < 4.78 is 0. The second kappa shape index (κ2) is 3.90. The van der Waals surface area contributed by atoms with Crippen LogP contribution in [0.2, 0.25) is 0 Å². The Morgan fingerprint density at radius 1 is 1.31 bits per heavy atom. The Bertz CT molecular complexity index is 307. The topological polar surface area (TPSA) is 46.2 Å². The highest BCUT2D eigenvalue weighted by molar-refractivity contribution is 5.38. The van der Waals surface area contributed by atoms with Crippen LogP contribution in [0.5, 0.6) is 0 Å². The molecule has 0 amide bonds. The minimum absolute atomic E-state index is 0.00370. The standard InChI is InChI=1S/C11H17NO/c1-7-4-8(2)9(3)10(5-7)11(12)6-13/h4-5,11,13H,6,12H2,1-3H3. The Balaban J connectivity index is 3.20. The average molecular weight is 179 g/mol. The van der Waals surface area contributed by atoms with Crippen LogP contribution in [0.25, 0.3) is 0 Å². The molecule has 1 unspecified atom stereocenters. The van der Waals surface area contributed by atoms with Gasteiger partial charge < -0.3 is 10.8 Å². The van der Waals surface area contributed by atoms with E-state index < -0.39 is 0 Å². The molecule has 0 aliphatic heterocycles. The number of aliphatic hydroxyl groups is 1. The zero-order chi connectivity index (χ0) is 10.0. The maximum atomic E-state index is 8.97. The van der Waals surface area contributed by atoms with Crippen molar-refractivity contribution in [3.63, 3.8) is 0 Å². The van der Waals surface area contributed by atoms with Crippen LogP contribution in [0, 0.1) is 20.8 Å². The molecule has 2 nitrogen and oxygen atoms in total. The van der Waals surface area contributed by atoms with Gasteiger partial charge in [-0.25, -0.2) is 0 Å². The quantitative estimate of drug-likeness (QED) is 0.724. The molecule has 0 fully saturated rings. The van der Waals surface area contributed by atoms with E-state index in [2.05, 4.69) is 13.0 Å². The van der Waals surface area contributed by atoms with Gasteiger partial charge in [-0.05, 0) is 37.5 Å². The summed E-state index contributed by atoms with van der Waals surface area (Å²) >= 11 is 0. The number of nitrogens with two attached hydrogens (primary N) is 1. The van der Waals surface area contributed by atoms with E-state index in [1.54, 1.807) is 0 Å². The van der Waals surface area contributed by atoms with E-state index in [1.165, 1.54) is 16.7 Å². The Morgan fingerprint density at radius 2 is 1.92 bits per heavy atom. The van der Waals surface area contributed by atoms with Crippen LogP contribution in [0.4, 0.5) is 0 Å². The van der Waals surface area contributed by atoms with E-state index in [-0.39, 0.29) is 12.6 Å². The molecule has 0 bridgehead atoms. The van der Waals surface area contributed by atoms with Crippen molar-refractivity contribution >= 4 is 0 Å². The molecule has 13 heavy (non-hydrogen) atoms. The van der Waals surface area contributed by atoms with Crippen LogP contribution in [0.1, 0.15) is 28.3 Å². The lowest BCUT2D eigenvalue weighted by Crippen LogP contribution is -2.16. The van der Waals surface area contributed by atoms with Gasteiger partial charge in [-0.2, -0.15) is 0 Å². The lowest BCUT2D eigenvalue weighted by atomic mass is 9.96. The largest absolute Gasteiger partial charge is 0.394 e. The summed E-state index contributed by atoms with van der Waals surface area (Å²) in [7, 11) is 0. The fourth-order valence-corrected chi connectivity index (χ4v) is 1.56. The molecule has 2 heteroatoms. The average Bonchev–Trinajstić information content (AvgIpc) is 2.10. The molecule has 0 saturated carbocycles. The first kappa shape index (κ1) is 10.2. The summed E-state index contributed by atoms with van der Waals surface area (Å²) in [6, 6.07) is 3.92. The van der Waals surface area contributed by atoms with Gasteiger partial charge in [0.1, 0.15) is 0 Å². The van der Waals surface area contributed by atoms with Crippen molar-refractivity contribution < 1.29 is 5.11 Å². The summed E-state index contributed by atoms with van der Waals surface area (Å²) in [4.78, 5) is 0. The SMILES string of the molecule is Cc1cc(C)c(C)c(C(N)CO)c1. The predicted octanol–water partition coefficient (Wildman–Crippen LogP) is 1.60. The lowest BCUT2D eigenvalue weighted by Gasteiger charge is -2.15. The van der Waals surface area contributed by atoms with Gasteiger partial charge in [0, 0.05) is 0 Å². The predicted molar refractivity (Wildman–Crippen MR) is 54.7 cm³/mol. The van der Waals surface area contributed by atoms with E-state index in [1.807, 2.05) is 19.9 Å². The first-order chi connectivity index (χ1) is 6.06. The molecule has 0 radical (unpaired) electrons. The van der Waals surface area contributed by atoms with E-state index in [0.29, 0.717) is 0 Å².